The fourth-order valence-corrected chi connectivity index (χ4v) is 4.81. The largest absolute Gasteiger partial charge is 0.342 e. The highest BCUT2D eigenvalue weighted by Crippen LogP contribution is 2.26. The molecule has 0 bridgehead atoms. The Balaban J connectivity index is 1.28. The fourth-order valence-electron chi connectivity index (χ4n) is 4.81. The number of carbonyl (C=O) groups excluding carboxylic acids is 3. The Hall–Kier alpha value is -2.37. The summed E-state index contributed by atoms with van der Waals surface area (Å²) in [4.78, 5) is 43.7. The summed E-state index contributed by atoms with van der Waals surface area (Å²) in [5.74, 6) is 0.217. The van der Waals surface area contributed by atoms with Gasteiger partial charge in [-0.15, -0.1) is 0 Å². The summed E-state index contributed by atoms with van der Waals surface area (Å²) in [6, 6.07) is 8.18. The first-order valence-corrected chi connectivity index (χ1v) is 10.9. The first-order valence-electron chi connectivity index (χ1n) is 10.9. The third-order valence-electron chi connectivity index (χ3n) is 6.63. The molecule has 0 saturated carbocycles. The van der Waals surface area contributed by atoms with Crippen LogP contribution in [0.2, 0.25) is 0 Å². The molecular formula is C23H31N3O3. The van der Waals surface area contributed by atoms with Crippen LogP contribution >= 0.6 is 0 Å². The van der Waals surface area contributed by atoms with Crippen molar-refractivity contribution in [1.82, 2.24) is 14.7 Å². The standard InChI is InChI=1S/C23H31N3O3/c1-17-4-6-18(7-5-17)15-26-16-20(14-21(26)27)23(29)25-12-8-19(9-13-25)22(28)24-10-2-3-11-24/h4-7,19-20H,2-3,8-16H2,1H3. The van der Waals surface area contributed by atoms with Gasteiger partial charge in [-0.2, -0.15) is 0 Å². The monoisotopic (exact) mass is 397 g/mol. The van der Waals surface area contributed by atoms with E-state index in [4.69, 9.17) is 0 Å². The highest BCUT2D eigenvalue weighted by molar-refractivity contribution is 5.89. The Morgan fingerprint density at radius 3 is 2.14 bits per heavy atom. The molecule has 3 amide bonds. The number of aryl methyl sites for hydroxylation is 1. The van der Waals surface area contributed by atoms with E-state index in [0.29, 0.717) is 32.6 Å². The Labute approximate surface area is 172 Å². The van der Waals surface area contributed by atoms with E-state index in [9.17, 15) is 14.4 Å². The van der Waals surface area contributed by atoms with Crippen molar-refractivity contribution in [3.63, 3.8) is 0 Å². The molecule has 3 aliphatic rings. The second-order valence-corrected chi connectivity index (χ2v) is 8.79. The third-order valence-corrected chi connectivity index (χ3v) is 6.63. The van der Waals surface area contributed by atoms with E-state index in [1.165, 1.54) is 5.56 Å². The van der Waals surface area contributed by atoms with Gasteiger partial charge in [0, 0.05) is 51.6 Å². The average molecular weight is 398 g/mol. The number of piperidine rings is 1. The van der Waals surface area contributed by atoms with Gasteiger partial charge in [0.1, 0.15) is 0 Å². The Bertz CT molecular complexity index is 762. The van der Waals surface area contributed by atoms with Crippen molar-refractivity contribution in [2.75, 3.05) is 32.7 Å². The van der Waals surface area contributed by atoms with Crippen LogP contribution in [0.1, 0.15) is 43.2 Å². The van der Waals surface area contributed by atoms with Crippen LogP contribution in [0, 0.1) is 18.8 Å². The quantitative estimate of drug-likeness (QED) is 0.783. The molecule has 3 saturated heterocycles. The number of amides is 3. The van der Waals surface area contributed by atoms with Crippen molar-refractivity contribution in [1.29, 1.82) is 0 Å². The molecule has 6 nitrogen and oxygen atoms in total. The summed E-state index contributed by atoms with van der Waals surface area (Å²) in [5.41, 5.74) is 2.29. The topological polar surface area (TPSA) is 60.9 Å². The molecule has 1 atom stereocenters. The zero-order valence-corrected chi connectivity index (χ0v) is 17.3. The summed E-state index contributed by atoms with van der Waals surface area (Å²) in [5, 5.41) is 0. The lowest BCUT2D eigenvalue weighted by Crippen LogP contribution is -2.46. The van der Waals surface area contributed by atoms with E-state index in [-0.39, 0.29) is 29.6 Å². The van der Waals surface area contributed by atoms with Crippen LogP contribution in [-0.4, -0.2) is 65.1 Å². The zero-order chi connectivity index (χ0) is 20.4. The lowest BCUT2D eigenvalue weighted by molar-refractivity contribution is -0.142. The Morgan fingerprint density at radius 2 is 1.48 bits per heavy atom. The fraction of sp³-hybridized carbons (Fsp3) is 0.609. The molecule has 1 unspecified atom stereocenters. The number of likely N-dealkylation sites (tertiary alicyclic amines) is 3. The third kappa shape index (κ3) is 4.46. The van der Waals surface area contributed by atoms with Crippen molar-refractivity contribution in [2.24, 2.45) is 11.8 Å². The van der Waals surface area contributed by atoms with E-state index >= 15 is 0 Å². The van der Waals surface area contributed by atoms with Gasteiger partial charge in [0.05, 0.1) is 5.92 Å². The maximum Gasteiger partial charge on any atom is 0.227 e. The van der Waals surface area contributed by atoms with Gasteiger partial charge in [-0.3, -0.25) is 14.4 Å². The predicted octanol–water partition coefficient (Wildman–Crippen LogP) is 2.20. The second kappa shape index (κ2) is 8.56. The minimum Gasteiger partial charge on any atom is -0.342 e. The highest BCUT2D eigenvalue weighted by atomic mass is 16.2. The number of rotatable bonds is 4. The molecule has 3 heterocycles. The molecule has 0 aliphatic carbocycles. The van der Waals surface area contributed by atoms with Gasteiger partial charge in [0.15, 0.2) is 0 Å². The SMILES string of the molecule is Cc1ccc(CN2CC(C(=O)N3CCC(C(=O)N4CCCC4)CC3)CC2=O)cc1. The van der Waals surface area contributed by atoms with Crippen LogP contribution in [0.25, 0.3) is 0 Å². The first-order chi connectivity index (χ1) is 14.0. The molecule has 1 aromatic carbocycles. The summed E-state index contributed by atoms with van der Waals surface area (Å²) in [6.45, 7) is 6.14. The van der Waals surface area contributed by atoms with Crippen LogP contribution in [0.5, 0.6) is 0 Å². The lowest BCUT2D eigenvalue weighted by Gasteiger charge is -2.34. The van der Waals surface area contributed by atoms with Crippen LogP contribution in [-0.2, 0) is 20.9 Å². The molecule has 3 fully saturated rings. The lowest BCUT2D eigenvalue weighted by atomic mass is 9.94. The van der Waals surface area contributed by atoms with Crippen molar-refractivity contribution in [3.8, 4) is 0 Å². The second-order valence-electron chi connectivity index (χ2n) is 8.79. The summed E-state index contributed by atoms with van der Waals surface area (Å²) in [6.07, 6.45) is 4.01. The van der Waals surface area contributed by atoms with Gasteiger partial charge >= 0.3 is 0 Å². The normalized spacial score (nSPS) is 23.1. The van der Waals surface area contributed by atoms with E-state index in [2.05, 4.69) is 0 Å². The molecular weight excluding hydrogens is 366 g/mol. The number of hydrogen-bond donors (Lipinski definition) is 0. The van der Waals surface area contributed by atoms with Crippen LogP contribution in [0.15, 0.2) is 24.3 Å². The van der Waals surface area contributed by atoms with Crippen LogP contribution in [0.4, 0.5) is 0 Å². The molecule has 0 aromatic heterocycles. The van der Waals surface area contributed by atoms with Crippen molar-refractivity contribution < 1.29 is 14.4 Å². The van der Waals surface area contributed by atoms with Crippen molar-refractivity contribution in [2.45, 2.75) is 45.6 Å². The summed E-state index contributed by atoms with van der Waals surface area (Å²) >= 11 is 0. The molecule has 0 N–H and O–H groups in total. The first kappa shape index (κ1) is 19.9. The molecule has 29 heavy (non-hydrogen) atoms. The number of benzene rings is 1. The minimum atomic E-state index is -0.251. The van der Waals surface area contributed by atoms with E-state index in [1.807, 2.05) is 41.0 Å². The zero-order valence-electron chi connectivity index (χ0n) is 17.3. The van der Waals surface area contributed by atoms with Gasteiger partial charge in [0.2, 0.25) is 17.7 Å². The molecule has 0 radical (unpaired) electrons. The van der Waals surface area contributed by atoms with Crippen LogP contribution in [0.3, 0.4) is 0 Å². The molecule has 4 rings (SSSR count). The average Bonchev–Trinajstić information content (AvgIpc) is 3.39. The summed E-state index contributed by atoms with van der Waals surface area (Å²) in [7, 11) is 0. The molecule has 156 valence electrons. The van der Waals surface area contributed by atoms with E-state index in [1.54, 1.807) is 4.90 Å². The number of carbonyl (C=O) groups is 3. The number of nitrogens with zero attached hydrogens (tertiary/aromatic N) is 3. The van der Waals surface area contributed by atoms with Gasteiger partial charge in [-0.05, 0) is 38.2 Å². The maximum absolute atomic E-state index is 13.0. The van der Waals surface area contributed by atoms with Gasteiger partial charge in [-0.25, -0.2) is 0 Å². The van der Waals surface area contributed by atoms with Crippen LogP contribution < -0.4 is 0 Å². The van der Waals surface area contributed by atoms with Crippen molar-refractivity contribution in [3.05, 3.63) is 35.4 Å². The minimum absolute atomic E-state index is 0.0559. The Kier molecular flexibility index (Phi) is 5.88. The molecule has 3 aliphatic heterocycles. The van der Waals surface area contributed by atoms with Gasteiger partial charge in [-0.1, -0.05) is 29.8 Å². The van der Waals surface area contributed by atoms with E-state index in [0.717, 1.165) is 44.3 Å². The predicted molar refractivity (Wildman–Crippen MR) is 110 cm³/mol. The Morgan fingerprint density at radius 1 is 0.897 bits per heavy atom. The maximum atomic E-state index is 13.0. The smallest absolute Gasteiger partial charge is 0.227 e. The highest BCUT2D eigenvalue weighted by Gasteiger charge is 2.38. The van der Waals surface area contributed by atoms with E-state index < -0.39 is 0 Å². The van der Waals surface area contributed by atoms with Gasteiger partial charge < -0.3 is 14.7 Å². The van der Waals surface area contributed by atoms with Gasteiger partial charge in [0.25, 0.3) is 0 Å². The molecule has 0 spiro atoms. The number of hydrogen-bond acceptors (Lipinski definition) is 3. The molecule has 6 heteroatoms. The van der Waals surface area contributed by atoms with Crippen molar-refractivity contribution >= 4 is 17.7 Å². The molecule has 1 aromatic rings. The summed E-state index contributed by atoms with van der Waals surface area (Å²) < 4.78 is 0.